The van der Waals surface area contributed by atoms with E-state index in [0.717, 1.165) is 50.4 Å². The summed E-state index contributed by atoms with van der Waals surface area (Å²) >= 11 is 0. The quantitative estimate of drug-likeness (QED) is 0.849. The van der Waals surface area contributed by atoms with Crippen molar-refractivity contribution >= 4 is 11.8 Å². The number of nitrogens with zero attached hydrogens (tertiary/aromatic N) is 2. The third-order valence-electron chi connectivity index (χ3n) is 5.46. The second kappa shape index (κ2) is 7.53. The Hall–Kier alpha value is -2.28. The van der Waals surface area contributed by atoms with Crippen LogP contribution in [0.25, 0.3) is 0 Å². The zero-order valence-electron chi connectivity index (χ0n) is 14.9. The highest BCUT2D eigenvalue weighted by Crippen LogP contribution is 2.32. The van der Waals surface area contributed by atoms with Crippen molar-refractivity contribution in [1.29, 1.82) is 0 Å². The number of amides is 2. The molecule has 7 nitrogen and oxygen atoms in total. The van der Waals surface area contributed by atoms with Gasteiger partial charge < -0.3 is 19.7 Å². The molecule has 1 N–H and O–H groups in total. The number of rotatable bonds is 5. The number of fused-ring (bicyclic) bond motifs is 1. The van der Waals surface area contributed by atoms with Crippen LogP contribution in [0.3, 0.4) is 0 Å². The van der Waals surface area contributed by atoms with Crippen molar-refractivity contribution in [3.8, 4) is 11.5 Å². The van der Waals surface area contributed by atoms with Crippen LogP contribution in [-0.2, 0) is 16.1 Å². The van der Waals surface area contributed by atoms with Crippen molar-refractivity contribution in [2.45, 2.75) is 25.8 Å². The first kappa shape index (κ1) is 17.1. The SMILES string of the molecule is O=C(NCC(=O)N1CCN(Cc2ccc3c(c2)OCO3)CC1)C1CCC1. The average molecular weight is 359 g/mol. The van der Waals surface area contributed by atoms with Gasteiger partial charge in [-0.05, 0) is 30.5 Å². The number of carbonyl (C=O) groups excluding carboxylic acids is 2. The number of ether oxygens (including phenoxy) is 2. The second-order valence-corrected chi connectivity index (χ2v) is 7.19. The smallest absolute Gasteiger partial charge is 0.242 e. The summed E-state index contributed by atoms with van der Waals surface area (Å²) in [6, 6.07) is 6.03. The van der Waals surface area contributed by atoms with Gasteiger partial charge in [-0.3, -0.25) is 14.5 Å². The molecule has 1 aromatic carbocycles. The van der Waals surface area contributed by atoms with Crippen LogP contribution in [0.15, 0.2) is 18.2 Å². The van der Waals surface area contributed by atoms with Gasteiger partial charge in [-0.25, -0.2) is 0 Å². The summed E-state index contributed by atoms with van der Waals surface area (Å²) in [5.41, 5.74) is 1.18. The van der Waals surface area contributed by atoms with Crippen molar-refractivity contribution in [2.24, 2.45) is 5.92 Å². The molecular weight excluding hydrogens is 334 g/mol. The molecule has 0 atom stereocenters. The first-order valence-electron chi connectivity index (χ1n) is 9.35. The van der Waals surface area contributed by atoms with Crippen LogP contribution < -0.4 is 14.8 Å². The van der Waals surface area contributed by atoms with E-state index in [1.165, 1.54) is 5.56 Å². The van der Waals surface area contributed by atoms with Gasteiger partial charge in [0.05, 0.1) is 6.54 Å². The van der Waals surface area contributed by atoms with Crippen LogP contribution in [0, 0.1) is 5.92 Å². The number of carbonyl (C=O) groups is 2. The Bertz CT molecular complexity index is 681. The van der Waals surface area contributed by atoms with E-state index in [2.05, 4.69) is 16.3 Å². The third kappa shape index (κ3) is 3.77. The standard InChI is InChI=1S/C19H25N3O4/c23-18(11-20-19(24)15-2-1-3-15)22-8-6-21(7-9-22)12-14-4-5-16-17(10-14)26-13-25-16/h4-5,10,15H,1-3,6-9,11-13H2,(H,20,24). The highest BCUT2D eigenvalue weighted by molar-refractivity contribution is 5.86. The van der Waals surface area contributed by atoms with Gasteiger partial charge in [0.15, 0.2) is 11.5 Å². The lowest BCUT2D eigenvalue weighted by atomic mass is 9.85. The van der Waals surface area contributed by atoms with E-state index in [0.29, 0.717) is 13.1 Å². The lowest BCUT2D eigenvalue weighted by molar-refractivity contribution is -0.136. The summed E-state index contributed by atoms with van der Waals surface area (Å²) in [4.78, 5) is 28.3. The zero-order valence-corrected chi connectivity index (χ0v) is 14.9. The normalized spacial score (nSPS) is 19.9. The molecular formula is C19H25N3O4. The molecule has 1 saturated carbocycles. The lowest BCUT2D eigenvalue weighted by Crippen LogP contribution is -2.51. The summed E-state index contributed by atoms with van der Waals surface area (Å²) in [7, 11) is 0. The van der Waals surface area contributed by atoms with E-state index in [1.807, 2.05) is 17.0 Å². The second-order valence-electron chi connectivity index (χ2n) is 7.19. The van der Waals surface area contributed by atoms with Crippen LogP contribution in [0.1, 0.15) is 24.8 Å². The van der Waals surface area contributed by atoms with Crippen LogP contribution in [-0.4, -0.2) is 61.1 Å². The van der Waals surface area contributed by atoms with Crippen molar-refractivity contribution in [1.82, 2.24) is 15.1 Å². The van der Waals surface area contributed by atoms with E-state index in [4.69, 9.17) is 9.47 Å². The number of nitrogens with one attached hydrogen (secondary N) is 1. The van der Waals surface area contributed by atoms with Crippen molar-refractivity contribution in [3.63, 3.8) is 0 Å². The molecule has 4 rings (SSSR count). The fourth-order valence-corrected chi connectivity index (χ4v) is 3.54. The van der Waals surface area contributed by atoms with Crippen LogP contribution >= 0.6 is 0 Å². The summed E-state index contributed by atoms with van der Waals surface area (Å²) in [5, 5.41) is 2.79. The fraction of sp³-hybridized carbons (Fsp3) is 0.579. The van der Waals surface area contributed by atoms with Crippen molar-refractivity contribution < 1.29 is 19.1 Å². The number of hydrogen-bond donors (Lipinski definition) is 1. The van der Waals surface area contributed by atoms with Crippen molar-refractivity contribution in [3.05, 3.63) is 23.8 Å². The topological polar surface area (TPSA) is 71.1 Å². The minimum atomic E-state index is 0.0143. The monoisotopic (exact) mass is 359 g/mol. The van der Waals surface area contributed by atoms with Gasteiger partial charge in [-0.1, -0.05) is 12.5 Å². The average Bonchev–Trinajstić information content (AvgIpc) is 3.06. The minimum absolute atomic E-state index is 0.0143. The molecule has 140 valence electrons. The third-order valence-corrected chi connectivity index (χ3v) is 5.46. The van der Waals surface area contributed by atoms with Gasteiger partial charge >= 0.3 is 0 Å². The van der Waals surface area contributed by atoms with Crippen molar-refractivity contribution in [2.75, 3.05) is 39.5 Å². The van der Waals surface area contributed by atoms with E-state index in [-0.39, 0.29) is 31.1 Å². The maximum Gasteiger partial charge on any atom is 0.242 e. The first-order valence-corrected chi connectivity index (χ1v) is 9.35. The first-order chi connectivity index (χ1) is 12.7. The molecule has 1 saturated heterocycles. The Kier molecular flexibility index (Phi) is 4.97. The Morgan fingerprint density at radius 1 is 1.08 bits per heavy atom. The van der Waals surface area contributed by atoms with Crippen LogP contribution in [0.5, 0.6) is 11.5 Å². The summed E-state index contributed by atoms with van der Waals surface area (Å²) < 4.78 is 10.8. The van der Waals surface area contributed by atoms with Crippen LogP contribution in [0.4, 0.5) is 0 Å². The van der Waals surface area contributed by atoms with Gasteiger partial charge in [-0.2, -0.15) is 0 Å². The molecule has 0 aromatic heterocycles. The molecule has 0 radical (unpaired) electrons. The molecule has 2 aliphatic heterocycles. The highest BCUT2D eigenvalue weighted by Gasteiger charge is 2.27. The molecule has 3 aliphatic rings. The minimum Gasteiger partial charge on any atom is -0.454 e. The molecule has 7 heteroatoms. The Balaban J connectivity index is 1.21. The van der Waals surface area contributed by atoms with Gasteiger partial charge in [0.2, 0.25) is 18.6 Å². The predicted octanol–water partition coefficient (Wildman–Crippen LogP) is 0.976. The number of hydrogen-bond acceptors (Lipinski definition) is 5. The molecule has 1 aromatic rings. The summed E-state index contributed by atoms with van der Waals surface area (Å²) in [5.74, 6) is 1.78. The molecule has 0 unspecified atom stereocenters. The molecule has 0 spiro atoms. The van der Waals surface area contributed by atoms with Gasteiger partial charge in [0.25, 0.3) is 0 Å². The predicted molar refractivity (Wildman–Crippen MR) is 94.8 cm³/mol. The zero-order chi connectivity index (χ0) is 17.9. The van der Waals surface area contributed by atoms with E-state index in [1.54, 1.807) is 0 Å². The number of benzene rings is 1. The van der Waals surface area contributed by atoms with Crippen LogP contribution in [0.2, 0.25) is 0 Å². The molecule has 2 fully saturated rings. The van der Waals surface area contributed by atoms with Gasteiger partial charge in [-0.15, -0.1) is 0 Å². The lowest BCUT2D eigenvalue weighted by Gasteiger charge is -2.35. The molecule has 26 heavy (non-hydrogen) atoms. The summed E-state index contributed by atoms with van der Waals surface area (Å²) in [6.45, 7) is 4.30. The van der Waals surface area contributed by atoms with E-state index >= 15 is 0 Å². The highest BCUT2D eigenvalue weighted by atomic mass is 16.7. The molecule has 1 aliphatic carbocycles. The largest absolute Gasteiger partial charge is 0.454 e. The Labute approximate surface area is 153 Å². The summed E-state index contributed by atoms with van der Waals surface area (Å²) in [6.07, 6.45) is 3.04. The van der Waals surface area contributed by atoms with Gasteiger partial charge in [0.1, 0.15) is 0 Å². The van der Waals surface area contributed by atoms with E-state index < -0.39 is 0 Å². The van der Waals surface area contributed by atoms with E-state index in [9.17, 15) is 9.59 Å². The maximum absolute atomic E-state index is 12.3. The Morgan fingerprint density at radius 3 is 2.58 bits per heavy atom. The molecule has 2 amide bonds. The molecule has 2 heterocycles. The van der Waals surface area contributed by atoms with Gasteiger partial charge in [0, 0.05) is 38.6 Å². The number of piperazine rings is 1. The molecule has 0 bridgehead atoms. The fourth-order valence-electron chi connectivity index (χ4n) is 3.54. The maximum atomic E-state index is 12.3. The Morgan fingerprint density at radius 2 is 1.85 bits per heavy atom.